The number of amides is 2. The average Bonchev–Trinajstić information content (AvgIpc) is 2.94. The molecule has 1 aliphatic carbocycles. The Morgan fingerprint density at radius 2 is 2.04 bits per heavy atom. The Balaban J connectivity index is 1.37. The van der Waals surface area contributed by atoms with Gasteiger partial charge in [-0.25, -0.2) is 0 Å². The van der Waals surface area contributed by atoms with Crippen molar-refractivity contribution >= 4 is 11.8 Å². The predicted octanol–water partition coefficient (Wildman–Crippen LogP) is 2.88. The predicted molar refractivity (Wildman–Crippen MR) is 103 cm³/mol. The van der Waals surface area contributed by atoms with Gasteiger partial charge in [-0.15, -0.1) is 0 Å². The van der Waals surface area contributed by atoms with Crippen LogP contribution in [0, 0.1) is 11.8 Å². The molecule has 4 fully saturated rings. The van der Waals surface area contributed by atoms with E-state index in [2.05, 4.69) is 4.90 Å². The molecule has 0 aromatic heterocycles. The van der Waals surface area contributed by atoms with E-state index in [1.165, 1.54) is 19.3 Å². The molecule has 146 valence electrons. The normalized spacial score (nSPS) is 25.3. The van der Waals surface area contributed by atoms with Gasteiger partial charge in [0.2, 0.25) is 11.8 Å². The van der Waals surface area contributed by atoms with Crippen LogP contribution < -0.4 is 4.74 Å². The molecule has 0 radical (unpaired) electrons. The second-order valence-electron chi connectivity index (χ2n) is 8.37. The fourth-order valence-electron chi connectivity index (χ4n) is 4.68. The summed E-state index contributed by atoms with van der Waals surface area (Å²) in [6, 6.07) is 8.12. The number of rotatable bonds is 6. The Hall–Kier alpha value is -2.04. The highest BCUT2D eigenvalue weighted by atomic mass is 16.5. The molecular formula is C22H30N2O3. The van der Waals surface area contributed by atoms with E-state index < -0.39 is 0 Å². The molecule has 3 saturated heterocycles. The van der Waals surface area contributed by atoms with Gasteiger partial charge in [-0.05, 0) is 55.7 Å². The summed E-state index contributed by atoms with van der Waals surface area (Å²) >= 11 is 0. The zero-order valence-electron chi connectivity index (χ0n) is 16.2. The smallest absolute Gasteiger partial charge is 0.227 e. The lowest BCUT2D eigenvalue weighted by atomic mass is 9.83. The number of aryl methyl sites for hydroxylation is 1. The first-order valence-corrected chi connectivity index (χ1v) is 10.3. The highest BCUT2D eigenvalue weighted by Crippen LogP contribution is 2.34. The van der Waals surface area contributed by atoms with Crippen LogP contribution in [0.3, 0.4) is 0 Å². The van der Waals surface area contributed by atoms with Crippen LogP contribution in [0.5, 0.6) is 5.75 Å². The van der Waals surface area contributed by atoms with Gasteiger partial charge in [0.25, 0.3) is 0 Å². The molecule has 2 amide bonds. The SMILES string of the molecule is COc1cccc(CCC(=O)N2C[C@H]3CC[C@@H](C2)N(CC2CCC2)C3=O)c1. The Bertz CT molecular complexity index is 701. The van der Waals surface area contributed by atoms with Crippen LogP contribution in [0.25, 0.3) is 0 Å². The van der Waals surface area contributed by atoms with Crippen molar-refractivity contribution in [2.75, 3.05) is 26.7 Å². The zero-order chi connectivity index (χ0) is 18.8. The molecule has 5 nitrogen and oxygen atoms in total. The van der Waals surface area contributed by atoms with E-state index in [-0.39, 0.29) is 17.9 Å². The van der Waals surface area contributed by atoms with Crippen LogP contribution in [-0.2, 0) is 16.0 Å². The van der Waals surface area contributed by atoms with Gasteiger partial charge in [0.05, 0.1) is 13.0 Å². The lowest BCUT2D eigenvalue weighted by Gasteiger charge is -2.40. The Labute approximate surface area is 161 Å². The lowest BCUT2D eigenvalue weighted by Crippen LogP contribution is -2.50. The van der Waals surface area contributed by atoms with Crippen LogP contribution in [-0.4, -0.2) is 54.4 Å². The van der Waals surface area contributed by atoms with Gasteiger partial charge in [0.1, 0.15) is 5.75 Å². The number of nitrogens with zero attached hydrogens (tertiary/aromatic N) is 2. The van der Waals surface area contributed by atoms with Crippen molar-refractivity contribution in [3.8, 4) is 5.75 Å². The molecule has 1 aromatic rings. The summed E-state index contributed by atoms with van der Waals surface area (Å²) in [7, 11) is 1.66. The number of hydrogen-bond donors (Lipinski definition) is 0. The molecule has 2 atom stereocenters. The number of carbonyl (C=O) groups excluding carboxylic acids is 2. The monoisotopic (exact) mass is 370 g/mol. The summed E-state index contributed by atoms with van der Waals surface area (Å²) < 4.78 is 5.26. The number of carbonyl (C=O) groups is 2. The third-order valence-electron chi connectivity index (χ3n) is 6.59. The zero-order valence-corrected chi connectivity index (χ0v) is 16.2. The minimum Gasteiger partial charge on any atom is -0.497 e. The highest BCUT2D eigenvalue weighted by Gasteiger charge is 2.42. The van der Waals surface area contributed by atoms with Crippen molar-refractivity contribution in [2.45, 2.75) is 51.0 Å². The Morgan fingerprint density at radius 1 is 1.19 bits per heavy atom. The molecule has 4 aliphatic rings. The first kappa shape index (κ1) is 18.3. The minimum atomic E-state index is 0.00426. The number of methoxy groups -OCH3 is 1. The first-order valence-electron chi connectivity index (χ1n) is 10.3. The summed E-state index contributed by atoms with van der Waals surface area (Å²) in [6.45, 7) is 2.23. The van der Waals surface area contributed by atoms with Gasteiger partial charge in [0.15, 0.2) is 0 Å². The molecule has 5 heteroatoms. The Morgan fingerprint density at radius 3 is 2.78 bits per heavy atom. The van der Waals surface area contributed by atoms with Crippen molar-refractivity contribution in [3.05, 3.63) is 29.8 Å². The minimum absolute atomic E-state index is 0.00426. The van der Waals surface area contributed by atoms with Crippen LogP contribution in [0.2, 0.25) is 0 Å². The third kappa shape index (κ3) is 3.97. The molecule has 0 N–H and O–H groups in total. The second kappa shape index (κ2) is 7.91. The molecule has 3 aliphatic heterocycles. The maximum atomic E-state index is 12.9. The average molecular weight is 370 g/mol. The molecule has 27 heavy (non-hydrogen) atoms. The summed E-state index contributed by atoms with van der Waals surface area (Å²) in [5.41, 5.74) is 1.11. The fraction of sp³-hybridized carbons (Fsp3) is 0.636. The molecule has 1 aromatic carbocycles. The van der Waals surface area contributed by atoms with Crippen LogP contribution in [0.1, 0.15) is 44.1 Å². The maximum Gasteiger partial charge on any atom is 0.227 e. The molecule has 5 rings (SSSR count). The standard InChI is InChI=1S/C22H30N2O3/c1-27-20-7-3-4-16(12-20)8-11-21(25)23-14-18-9-10-19(15-23)24(22(18)26)13-17-5-2-6-17/h3-4,7,12,17-19H,2,5-6,8-11,13-15H2,1H3/t18-,19+/m1/s1. The van der Waals surface area contributed by atoms with Crippen molar-refractivity contribution < 1.29 is 14.3 Å². The highest BCUT2D eigenvalue weighted by molar-refractivity contribution is 5.83. The van der Waals surface area contributed by atoms with Gasteiger partial charge in [-0.3, -0.25) is 9.59 Å². The summed E-state index contributed by atoms with van der Waals surface area (Å²) in [5, 5.41) is 0. The lowest BCUT2D eigenvalue weighted by molar-refractivity contribution is -0.141. The van der Waals surface area contributed by atoms with Crippen LogP contribution in [0.4, 0.5) is 0 Å². The van der Waals surface area contributed by atoms with Crippen molar-refractivity contribution in [2.24, 2.45) is 11.8 Å². The van der Waals surface area contributed by atoms with E-state index in [0.29, 0.717) is 37.8 Å². The summed E-state index contributed by atoms with van der Waals surface area (Å²) in [5.74, 6) is 1.98. The molecular weight excluding hydrogens is 340 g/mol. The van der Waals surface area contributed by atoms with E-state index in [9.17, 15) is 9.59 Å². The Kier molecular flexibility index (Phi) is 5.37. The quantitative estimate of drug-likeness (QED) is 0.774. The summed E-state index contributed by atoms with van der Waals surface area (Å²) in [4.78, 5) is 29.8. The van der Waals surface area contributed by atoms with Gasteiger partial charge in [0, 0.05) is 32.1 Å². The molecule has 0 unspecified atom stereocenters. The number of ether oxygens (including phenoxy) is 1. The van der Waals surface area contributed by atoms with Gasteiger partial charge in [-0.2, -0.15) is 0 Å². The molecule has 1 saturated carbocycles. The third-order valence-corrected chi connectivity index (χ3v) is 6.59. The second-order valence-corrected chi connectivity index (χ2v) is 8.37. The van der Waals surface area contributed by atoms with E-state index in [0.717, 1.165) is 30.7 Å². The topological polar surface area (TPSA) is 49.9 Å². The summed E-state index contributed by atoms with van der Waals surface area (Å²) in [6.07, 6.45) is 6.99. The van der Waals surface area contributed by atoms with Crippen LogP contribution >= 0.6 is 0 Å². The fourth-order valence-corrected chi connectivity index (χ4v) is 4.68. The van der Waals surface area contributed by atoms with Crippen LogP contribution in [0.15, 0.2) is 24.3 Å². The van der Waals surface area contributed by atoms with Crippen molar-refractivity contribution in [3.63, 3.8) is 0 Å². The van der Waals surface area contributed by atoms with Gasteiger partial charge >= 0.3 is 0 Å². The molecule has 3 heterocycles. The molecule has 0 spiro atoms. The van der Waals surface area contributed by atoms with E-state index in [1.54, 1.807) is 7.11 Å². The molecule has 2 bridgehead atoms. The van der Waals surface area contributed by atoms with Crippen molar-refractivity contribution in [1.29, 1.82) is 0 Å². The van der Waals surface area contributed by atoms with Gasteiger partial charge in [-0.1, -0.05) is 18.6 Å². The van der Waals surface area contributed by atoms with E-state index in [1.807, 2.05) is 29.2 Å². The number of piperidine rings is 1. The number of fused-ring (bicyclic) bond motifs is 4. The van der Waals surface area contributed by atoms with Crippen molar-refractivity contribution in [1.82, 2.24) is 9.80 Å². The number of hydrogen-bond acceptors (Lipinski definition) is 3. The maximum absolute atomic E-state index is 12.9. The first-order chi connectivity index (χ1) is 13.1. The van der Waals surface area contributed by atoms with E-state index in [4.69, 9.17) is 4.74 Å². The number of benzene rings is 1. The van der Waals surface area contributed by atoms with Gasteiger partial charge < -0.3 is 14.5 Å². The largest absolute Gasteiger partial charge is 0.497 e. The van der Waals surface area contributed by atoms with E-state index >= 15 is 0 Å².